The van der Waals surface area contributed by atoms with Gasteiger partial charge in [0, 0.05) is 5.69 Å². The van der Waals surface area contributed by atoms with Gasteiger partial charge in [-0.15, -0.1) is 0 Å². The Labute approximate surface area is 87.8 Å². The second-order valence-electron chi connectivity index (χ2n) is 3.19. The van der Waals surface area contributed by atoms with Crippen LogP contribution in [-0.2, 0) is 6.54 Å². The second-order valence-corrected chi connectivity index (χ2v) is 3.19. The number of rotatable bonds is 3. The number of pyridine rings is 1. The predicted octanol–water partition coefficient (Wildman–Crippen LogP) is 2.83. The molecule has 0 bridgehead atoms. The van der Waals surface area contributed by atoms with Crippen LogP contribution in [0.1, 0.15) is 5.69 Å². The molecule has 0 spiro atoms. The lowest BCUT2D eigenvalue weighted by atomic mass is 10.3. The summed E-state index contributed by atoms with van der Waals surface area (Å²) in [4.78, 5) is 3.96. The van der Waals surface area contributed by atoms with Crippen LogP contribution < -0.4 is 5.32 Å². The maximum Gasteiger partial charge on any atom is 0.141 e. The molecular weight excluding hydrogens is 191 g/mol. The van der Waals surface area contributed by atoms with Crippen molar-refractivity contribution >= 4 is 5.69 Å². The molecule has 0 saturated heterocycles. The van der Waals surface area contributed by atoms with Crippen molar-refractivity contribution in [2.75, 3.05) is 5.32 Å². The zero-order valence-corrected chi connectivity index (χ0v) is 8.15. The Morgan fingerprint density at radius 1 is 1.07 bits per heavy atom. The molecule has 1 N–H and O–H groups in total. The van der Waals surface area contributed by atoms with Gasteiger partial charge in [0.2, 0.25) is 0 Å². The molecule has 1 aromatic heterocycles. The minimum Gasteiger partial charge on any atom is -0.379 e. The van der Waals surface area contributed by atoms with Crippen LogP contribution in [0.5, 0.6) is 0 Å². The molecule has 1 aromatic carbocycles. The number of hydrogen-bond donors (Lipinski definition) is 1. The summed E-state index contributed by atoms with van der Waals surface area (Å²) in [6, 6.07) is 12.9. The van der Waals surface area contributed by atoms with Crippen LogP contribution >= 0.6 is 0 Å². The summed E-state index contributed by atoms with van der Waals surface area (Å²) in [7, 11) is 0. The maximum atomic E-state index is 12.6. The molecule has 0 saturated carbocycles. The summed E-state index contributed by atoms with van der Waals surface area (Å²) in [5.74, 6) is -0.307. The summed E-state index contributed by atoms with van der Waals surface area (Å²) in [6.45, 7) is 0.601. The van der Waals surface area contributed by atoms with Gasteiger partial charge in [0.15, 0.2) is 0 Å². The van der Waals surface area contributed by atoms with Crippen LogP contribution in [0.2, 0.25) is 0 Å². The molecule has 76 valence electrons. The van der Waals surface area contributed by atoms with E-state index in [-0.39, 0.29) is 5.82 Å². The van der Waals surface area contributed by atoms with Crippen molar-refractivity contribution in [3.8, 4) is 0 Å². The first-order valence-corrected chi connectivity index (χ1v) is 4.74. The highest BCUT2D eigenvalue weighted by Crippen LogP contribution is 2.07. The maximum absolute atomic E-state index is 12.6. The summed E-state index contributed by atoms with van der Waals surface area (Å²) in [6.07, 6.45) is 1.22. The van der Waals surface area contributed by atoms with E-state index in [1.165, 1.54) is 12.3 Å². The number of anilines is 1. The molecule has 3 heteroatoms. The van der Waals surface area contributed by atoms with E-state index in [4.69, 9.17) is 0 Å². The fourth-order valence-corrected chi connectivity index (χ4v) is 1.26. The summed E-state index contributed by atoms with van der Waals surface area (Å²) in [5, 5.41) is 3.20. The number of hydrogen-bond acceptors (Lipinski definition) is 2. The average Bonchev–Trinajstić information content (AvgIpc) is 2.30. The third kappa shape index (κ3) is 2.77. The molecule has 0 unspecified atom stereocenters. The van der Waals surface area contributed by atoms with E-state index in [1.54, 1.807) is 6.07 Å². The van der Waals surface area contributed by atoms with E-state index in [9.17, 15) is 4.39 Å². The first kappa shape index (κ1) is 9.65. The minimum absolute atomic E-state index is 0.307. The SMILES string of the molecule is Fc1ccc(CNc2ccccc2)nc1. The number of nitrogens with zero attached hydrogens (tertiary/aromatic N) is 1. The van der Waals surface area contributed by atoms with Crippen molar-refractivity contribution in [2.24, 2.45) is 0 Å². The smallest absolute Gasteiger partial charge is 0.141 e. The number of aromatic nitrogens is 1. The molecule has 2 nitrogen and oxygen atoms in total. The van der Waals surface area contributed by atoms with Gasteiger partial charge >= 0.3 is 0 Å². The Balaban J connectivity index is 1.96. The molecule has 0 fully saturated rings. The van der Waals surface area contributed by atoms with Crippen LogP contribution in [0.4, 0.5) is 10.1 Å². The van der Waals surface area contributed by atoms with E-state index in [2.05, 4.69) is 10.3 Å². The summed E-state index contributed by atoms with van der Waals surface area (Å²) < 4.78 is 12.6. The number of para-hydroxylation sites is 1. The molecule has 0 aliphatic carbocycles. The Bertz CT molecular complexity index is 411. The van der Waals surface area contributed by atoms with Crippen LogP contribution in [-0.4, -0.2) is 4.98 Å². The first-order valence-electron chi connectivity index (χ1n) is 4.74. The van der Waals surface area contributed by atoms with E-state index in [0.29, 0.717) is 6.54 Å². The largest absolute Gasteiger partial charge is 0.379 e. The first-order chi connectivity index (χ1) is 7.34. The predicted molar refractivity (Wildman–Crippen MR) is 58.0 cm³/mol. The van der Waals surface area contributed by atoms with Gasteiger partial charge in [-0.05, 0) is 24.3 Å². The van der Waals surface area contributed by atoms with Gasteiger partial charge in [-0.2, -0.15) is 0 Å². The lowest BCUT2D eigenvalue weighted by Crippen LogP contribution is -2.01. The monoisotopic (exact) mass is 202 g/mol. The van der Waals surface area contributed by atoms with Gasteiger partial charge in [-0.3, -0.25) is 4.98 Å². The van der Waals surface area contributed by atoms with Crippen LogP contribution in [0, 0.1) is 5.82 Å². The molecule has 0 aliphatic heterocycles. The molecule has 1 heterocycles. The van der Waals surface area contributed by atoms with Crippen LogP contribution in [0.15, 0.2) is 48.7 Å². The van der Waals surface area contributed by atoms with Gasteiger partial charge in [0.1, 0.15) is 5.82 Å². The van der Waals surface area contributed by atoms with Crippen molar-refractivity contribution < 1.29 is 4.39 Å². The van der Waals surface area contributed by atoms with Crippen molar-refractivity contribution in [2.45, 2.75) is 6.54 Å². The zero-order chi connectivity index (χ0) is 10.5. The topological polar surface area (TPSA) is 24.9 Å². The molecular formula is C12H11FN2. The zero-order valence-electron chi connectivity index (χ0n) is 8.15. The van der Waals surface area contributed by atoms with Crippen molar-refractivity contribution in [1.29, 1.82) is 0 Å². The minimum atomic E-state index is -0.307. The van der Waals surface area contributed by atoms with E-state index in [0.717, 1.165) is 11.4 Å². The molecule has 0 radical (unpaired) electrons. The molecule has 0 amide bonds. The fraction of sp³-hybridized carbons (Fsp3) is 0.0833. The summed E-state index contributed by atoms with van der Waals surface area (Å²) >= 11 is 0. The third-order valence-electron chi connectivity index (χ3n) is 2.04. The summed E-state index contributed by atoms with van der Waals surface area (Å²) in [5.41, 5.74) is 1.85. The third-order valence-corrected chi connectivity index (χ3v) is 2.04. The Hall–Kier alpha value is -1.90. The molecule has 0 atom stereocenters. The molecule has 2 rings (SSSR count). The lowest BCUT2D eigenvalue weighted by Gasteiger charge is -2.04. The fourth-order valence-electron chi connectivity index (χ4n) is 1.26. The molecule has 15 heavy (non-hydrogen) atoms. The van der Waals surface area contributed by atoms with Crippen molar-refractivity contribution in [3.05, 3.63) is 60.2 Å². The highest BCUT2D eigenvalue weighted by Gasteiger charge is 1.95. The Kier molecular flexibility index (Phi) is 2.93. The highest BCUT2D eigenvalue weighted by atomic mass is 19.1. The average molecular weight is 202 g/mol. The molecule has 0 aliphatic rings. The van der Waals surface area contributed by atoms with Crippen molar-refractivity contribution in [3.63, 3.8) is 0 Å². The number of nitrogens with one attached hydrogen (secondary N) is 1. The van der Waals surface area contributed by atoms with Crippen LogP contribution in [0.3, 0.4) is 0 Å². The quantitative estimate of drug-likeness (QED) is 0.827. The van der Waals surface area contributed by atoms with Gasteiger partial charge in [-0.1, -0.05) is 18.2 Å². The van der Waals surface area contributed by atoms with E-state index >= 15 is 0 Å². The number of benzene rings is 1. The number of halogens is 1. The van der Waals surface area contributed by atoms with E-state index < -0.39 is 0 Å². The van der Waals surface area contributed by atoms with Crippen LogP contribution in [0.25, 0.3) is 0 Å². The van der Waals surface area contributed by atoms with E-state index in [1.807, 2.05) is 30.3 Å². The Morgan fingerprint density at radius 3 is 2.53 bits per heavy atom. The van der Waals surface area contributed by atoms with Gasteiger partial charge < -0.3 is 5.32 Å². The second kappa shape index (κ2) is 4.55. The van der Waals surface area contributed by atoms with Crippen molar-refractivity contribution in [1.82, 2.24) is 4.98 Å². The lowest BCUT2D eigenvalue weighted by molar-refractivity contribution is 0.619. The Morgan fingerprint density at radius 2 is 1.87 bits per heavy atom. The molecule has 2 aromatic rings. The van der Waals surface area contributed by atoms with Gasteiger partial charge in [0.05, 0.1) is 18.4 Å². The highest BCUT2D eigenvalue weighted by molar-refractivity contribution is 5.42. The normalized spacial score (nSPS) is 9.93. The standard InChI is InChI=1S/C12H11FN2/c13-10-6-7-12(14-8-10)9-15-11-4-2-1-3-5-11/h1-8,15H,9H2. The van der Waals surface area contributed by atoms with Gasteiger partial charge in [0.25, 0.3) is 0 Å². The van der Waals surface area contributed by atoms with Gasteiger partial charge in [-0.25, -0.2) is 4.39 Å².